The molecule has 1 aromatic carbocycles. The molecule has 8 nitrogen and oxygen atoms in total. The summed E-state index contributed by atoms with van der Waals surface area (Å²) < 4.78 is 11.8. The first-order valence-electron chi connectivity index (χ1n) is 12.4. The van der Waals surface area contributed by atoms with Gasteiger partial charge in [-0.25, -0.2) is 4.79 Å². The number of aliphatic carboxylic acids is 1. The van der Waals surface area contributed by atoms with Crippen molar-refractivity contribution < 1.29 is 29.0 Å². The number of carboxylic acid groups (broad SMARTS) is 1. The summed E-state index contributed by atoms with van der Waals surface area (Å²) in [5, 5.41) is 11.0. The number of H-pyrrole nitrogens is 1. The molecule has 2 aromatic rings. The van der Waals surface area contributed by atoms with Gasteiger partial charge in [0.2, 0.25) is 11.8 Å². The molecule has 11 heteroatoms. The highest BCUT2D eigenvalue weighted by Gasteiger charge is 2.70. The van der Waals surface area contributed by atoms with Gasteiger partial charge in [-0.05, 0) is 60.0 Å². The predicted molar refractivity (Wildman–Crippen MR) is 141 cm³/mol. The number of thiazole rings is 1. The molecular weight excluding hydrogens is 532 g/mol. The standard InChI is InChI=1S/C26H28N2O6S3/c1-9(2)19(25(31)32)28-23(29)17-11-8-12(18(17)24(28)30)20-16(11)15(21-22(36-20)27-26(35)37-21)10-5-6-13(33-3)14(7-10)34-4/h5-7,9,11-12,15-20H,8H2,1-4H3,(H,27,35)(H,31,32). The van der Waals surface area contributed by atoms with Crippen molar-refractivity contribution in [1.82, 2.24) is 9.88 Å². The van der Waals surface area contributed by atoms with Crippen LogP contribution in [-0.2, 0) is 14.4 Å². The Bertz CT molecular complexity index is 1370. The number of aromatic nitrogens is 1. The number of likely N-dealkylation sites (tertiary alicyclic amines) is 1. The van der Waals surface area contributed by atoms with Crippen molar-refractivity contribution in [3.63, 3.8) is 0 Å². The van der Waals surface area contributed by atoms with Crippen LogP contribution in [0.15, 0.2) is 23.2 Å². The molecule has 6 rings (SSSR count). The Hall–Kier alpha value is -2.37. The molecule has 2 amide bonds. The molecule has 1 aromatic heterocycles. The topological polar surface area (TPSA) is 109 Å². The molecule has 37 heavy (non-hydrogen) atoms. The van der Waals surface area contributed by atoms with E-state index in [1.807, 2.05) is 18.2 Å². The van der Waals surface area contributed by atoms with Crippen LogP contribution >= 0.6 is 35.3 Å². The summed E-state index contributed by atoms with van der Waals surface area (Å²) in [7, 11) is 3.21. The number of hydrogen-bond donors (Lipinski definition) is 2. The molecule has 1 saturated heterocycles. The Morgan fingerprint density at radius 1 is 1.14 bits per heavy atom. The lowest BCUT2D eigenvalue weighted by atomic mass is 9.68. The maximum Gasteiger partial charge on any atom is 0.327 e. The number of nitrogens with one attached hydrogen (secondary N) is 1. The minimum atomic E-state index is -1.14. The maximum atomic E-state index is 13.8. The molecule has 8 atom stereocenters. The van der Waals surface area contributed by atoms with Crippen LogP contribution < -0.4 is 9.47 Å². The van der Waals surface area contributed by atoms with Crippen molar-refractivity contribution in [2.45, 2.75) is 42.5 Å². The van der Waals surface area contributed by atoms with Gasteiger partial charge in [-0.3, -0.25) is 14.5 Å². The molecule has 8 unspecified atom stereocenters. The third-order valence-corrected chi connectivity index (χ3v) is 11.6. The van der Waals surface area contributed by atoms with Crippen molar-refractivity contribution in [1.29, 1.82) is 0 Å². The molecule has 196 valence electrons. The van der Waals surface area contributed by atoms with Crippen molar-refractivity contribution >= 4 is 53.1 Å². The number of aromatic amines is 1. The molecule has 2 N–H and O–H groups in total. The molecule has 2 aliphatic carbocycles. The fourth-order valence-corrected chi connectivity index (χ4v) is 10.8. The largest absolute Gasteiger partial charge is 0.493 e. The summed E-state index contributed by atoms with van der Waals surface area (Å²) in [5.41, 5.74) is 1.06. The highest BCUT2D eigenvalue weighted by Crippen LogP contribution is 2.69. The van der Waals surface area contributed by atoms with E-state index in [4.69, 9.17) is 21.7 Å². The number of carbonyl (C=O) groups excluding carboxylic acids is 2. The van der Waals surface area contributed by atoms with Crippen LogP contribution in [0.2, 0.25) is 0 Å². The van der Waals surface area contributed by atoms with Crippen LogP contribution in [0.4, 0.5) is 0 Å². The fraction of sp³-hybridized carbons (Fsp3) is 0.538. The van der Waals surface area contributed by atoms with Gasteiger partial charge in [-0.15, -0.1) is 23.1 Å². The van der Waals surface area contributed by atoms with E-state index >= 15 is 0 Å². The Morgan fingerprint density at radius 3 is 2.43 bits per heavy atom. The van der Waals surface area contributed by atoms with Crippen molar-refractivity contribution in [2.75, 3.05) is 14.2 Å². The van der Waals surface area contributed by atoms with E-state index in [-0.39, 0.29) is 46.7 Å². The van der Waals surface area contributed by atoms with E-state index in [0.717, 1.165) is 26.8 Å². The van der Waals surface area contributed by atoms with Crippen LogP contribution in [0.5, 0.6) is 11.5 Å². The van der Waals surface area contributed by atoms with Gasteiger partial charge < -0.3 is 19.6 Å². The summed E-state index contributed by atoms with van der Waals surface area (Å²) in [4.78, 5) is 45.1. The molecule has 3 heterocycles. The first-order valence-corrected chi connectivity index (χ1v) is 14.5. The number of fused-ring (bicyclic) bond motifs is 9. The SMILES string of the molecule is COc1ccc(C2c3sc(=S)[nH]c3SC3C4CC(C5C(=O)N(C(C(=O)O)C(C)C)C(=O)C45)C23)cc1OC. The molecule has 0 radical (unpaired) electrons. The van der Waals surface area contributed by atoms with Gasteiger partial charge in [-0.1, -0.05) is 19.9 Å². The highest BCUT2D eigenvalue weighted by molar-refractivity contribution is 8.00. The second-order valence-corrected chi connectivity index (χ2v) is 13.6. The highest BCUT2D eigenvalue weighted by atomic mass is 32.2. The molecular formula is C26H28N2O6S3. The van der Waals surface area contributed by atoms with Gasteiger partial charge in [0, 0.05) is 16.0 Å². The zero-order valence-corrected chi connectivity index (χ0v) is 23.2. The number of thioether (sulfide) groups is 1. The number of ether oxygens (including phenoxy) is 2. The first kappa shape index (κ1) is 24.9. The lowest BCUT2D eigenvalue weighted by Gasteiger charge is -2.43. The van der Waals surface area contributed by atoms with Gasteiger partial charge in [0.1, 0.15) is 6.04 Å². The number of methoxy groups -OCH3 is 2. The lowest BCUT2D eigenvalue weighted by Crippen LogP contribution is -2.49. The maximum absolute atomic E-state index is 13.8. The Kier molecular flexibility index (Phi) is 5.96. The van der Waals surface area contributed by atoms with Crippen molar-refractivity contribution in [2.24, 2.45) is 35.5 Å². The quantitative estimate of drug-likeness (QED) is 0.395. The summed E-state index contributed by atoms with van der Waals surface area (Å²) in [6.07, 6.45) is 0.794. The van der Waals surface area contributed by atoms with Crippen LogP contribution in [-0.4, -0.2) is 58.3 Å². The van der Waals surface area contributed by atoms with Crippen molar-refractivity contribution in [3.05, 3.63) is 32.6 Å². The van der Waals surface area contributed by atoms with E-state index in [1.54, 1.807) is 51.2 Å². The average molecular weight is 561 g/mol. The smallest absolute Gasteiger partial charge is 0.327 e. The summed E-state index contributed by atoms with van der Waals surface area (Å²) in [6.45, 7) is 3.48. The summed E-state index contributed by atoms with van der Waals surface area (Å²) in [6, 6.07) is 4.81. The Labute approximate surface area is 227 Å². The van der Waals surface area contributed by atoms with E-state index < -0.39 is 23.8 Å². The predicted octanol–water partition coefficient (Wildman–Crippen LogP) is 4.41. The minimum Gasteiger partial charge on any atom is -0.493 e. The van der Waals surface area contributed by atoms with Gasteiger partial charge in [0.25, 0.3) is 0 Å². The van der Waals surface area contributed by atoms with E-state index in [9.17, 15) is 19.5 Å². The number of nitrogens with zero attached hydrogens (tertiary/aromatic N) is 1. The minimum absolute atomic E-state index is 0.00530. The van der Waals surface area contributed by atoms with Crippen LogP contribution in [0.1, 0.15) is 36.6 Å². The van der Waals surface area contributed by atoms with Crippen molar-refractivity contribution in [3.8, 4) is 11.5 Å². The van der Waals surface area contributed by atoms with Gasteiger partial charge in [-0.2, -0.15) is 0 Å². The Balaban J connectivity index is 1.45. The van der Waals surface area contributed by atoms with E-state index in [0.29, 0.717) is 15.5 Å². The molecule has 2 bridgehead atoms. The fourth-order valence-electron chi connectivity index (χ4n) is 7.43. The van der Waals surface area contributed by atoms with Gasteiger partial charge in [0.15, 0.2) is 15.5 Å². The second-order valence-electron chi connectivity index (χ2n) is 10.6. The van der Waals surface area contributed by atoms with E-state index in [1.165, 1.54) is 0 Å². The molecule has 2 saturated carbocycles. The second kappa shape index (κ2) is 8.84. The summed E-state index contributed by atoms with van der Waals surface area (Å²) >= 11 is 8.82. The average Bonchev–Trinajstić information content (AvgIpc) is 3.58. The summed E-state index contributed by atoms with van der Waals surface area (Å²) in [5.74, 6) is -1.70. The molecule has 0 spiro atoms. The third kappa shape index (κ3) is 3.46. The van der Waals surface area contributed by atoms with Crippen LogP contribution in [0.25, 0.3) is 0 Å². The molecule has 2 aliphatic heterocycles. The lowest BCUT2D eigenvalue weighted by molar-refractivity contribution is -0.157. The number of benzene rings is 1. The Morgan fingerprint density at radius 2 is 1.81 bits per heavy atom. The monoisotopic (exact) mass is 560 g/mol. The number of rotatable bonds is 6. The zero-order valence-electron chi connectivity index (χ0n) is 20.8. The third-order valence-electron chi connectivity index (χ3n) is 8.69. The van der Waals surface area contributed by atoms with Gasteiger partial charge >= 0.3 is 5.97 Å². The first-order chi connectivity index (χ1) is 17.7. The molecule has 3 fully saturated rings. The number of amides is 2. The van der Waals surface area contributed by atoms with Crippen LogP contribution in [0.3, 0.4) is 0 Å². The molecule has 4 aliphatic rings. The zero-order chi connectivity index (χ0) is 26.3. The normalized spacial score (nSPS) is 32.4. The van der Waals surface area contributed by atoms with Gasteiger partial charge in [0.05, 0.1) is 31.1 Å². The number of hydrogen-bond acceptors (Lipinski definition) is 8. The number of carbonyl (C=O) groups is 3. The van der Waals surface area contributed by atoms with Crippen LogP contribution in [0, 0.1) is 39.5 Å². The van der Waals surface area contributed by atoms with E-state index in [2.05, 4.69) is 4.98 Å². The number of imide groups is 1. The number of carboxylic acids is 1.